The molecular weight excluding hydrogens is 596 g/mol. The number of carbonyl (C=O) groups excluding carboxylic acids is 3. The lowest BCUT2D eigenvalue weighted by Gasteiger charge is -2.41. The first kappa shape index (κ1) is 35.6. The first-order chi connectivity index (χ1) is 21.1. The van der Waals surface area contributed by atoms with Crippen LogP contribution in [0.25, 0.3) is 11.1 Å². The molecule has 3 rings (SSSR count). The van der Waals surface area contributed by atoms with Crippen molar-refractivity contribution in [3.05, 3.63) is 83.7 Å². The Labute approximate surface area is 265 Å². The lowest BCUT2D eigenvalue weighted by Crippen LogP contribution is -2.46. The topological polar surface area (TPSA) is 101 Å². The van der Waals surface area contributed by atoms with Crippen LogP contribution < -0.4 is 5.32 Å². The maximum atomic E-state index is 14.9. The number of hydrogen-bond donors (Lipinski definition) is 2. The van der Waals surface area contributed by atoms with Crippen molar-refractivity contribution in [3.63, 3.8) is 0 Å². The number of amides is 2. The molecule has 1 heterocycles. The van der Waals surface area contributed by atoms with Crippen LogP contribution in [0.4, 0.5) is 13.6 Å². The smallest absolute Gasteiger partial charge is 0.407 e. The summed E-state index contributed by atoms with van der Waals surface area (Å²) >= 11 is 0. The van der Waals surface area contributed by atoms with Gasteiger partial charge in [-0.1, -0.05) is 70.7 Å². The molecule has 0 fully saturated rings. The molecule has 45 heavy (non-hydrogen) atoms. The van der Waals surface area contributed by atoms with Gasteiger partial charge in [-0.2, -0.15) is 0 Å². The lowest BCUT2D eigenvalue weighted by molar-refractivity contribution is -0.139. The van der Waals surface area contributed by atoms with E-state index in [-0.39, 0.29) is 25.1 Å². The molecule has 0 aliphatic heterocycles. The highest BCUT2D eigenvalue weighted by atomic mass is 28.3. The Morgan fingerprint density at radius 3 is 2.38 bits per heavy atom. The number of carbonyl (C=O) groups is 3. The standard InChI is InChI=1S/C34H45F2N3O5Si/c1-34(2,3)32(39(31(42)23-41)15-14-27(22-40)37-33(43)44-16-17-45(4,5)6)30-18-25(28-19-26(35)12-13-29(28)36)21-38(30)20-24-10-8-7-9-11-24/h7-13,18-19,21-22,27,32,41H,14-17,20,23H2,1-6H3,(H,37,43)/t27-,32-/m0/s1. The average Bonchev–Trinajstić information content (AvgIpc) is 3.36. The average molecular weight is 642 g/mol. The normalized spacial score (nSPS) is 13.2. The van der Waals surface area contributed by atoms with Gasteiger partial charge >= 0.3 is 6.09 Å². The fraction of sp³-hybridized carbons (Fsp3) is 0.441. The van der Waals surface area contributed by atoms with Crippen molar-refractivity contribution >= 4 is 26.4 Å². The fourth-order valence-electron chi connectivity index (χ4n) is 5.20. The number of aromatic nitrogens is 1. The Bertz CT molecular complexity index is 1450. The monoisotopic (exact) mass is 641 g/mol. The van der Waals surface area contributed by atoms with Gasteiger partial charge in [0.15, 0.2) is 0 Å². The van der Waals surface area contributed by atoms with Crippen LogP contribution in [0, 0.1) is 17.0 Å². The molecule has 244 valence electrons. The van der Waals surface area contributed by atoms with E-state index in [2.05, 4.69) is 25.0 Å². The molecule has 0 aliphatic carbocycles. The van der Waals surface area contributed by atoms with Gasteiger partial charge in [-0.3, -0.25) is 4.79 Å². The van der Waals surface area contributed by atoms with E-state index in [0.29, 0.717) is 24.1 Å². The third-order valence-electron chi connectivity index (χ3n) is 7.47. The molecule has 8 nitrogen and oxygen atoms in total. The second kappa shape index (κ2) is 15.4. The Morgan fingerprint density at radius 2 is 1.78 bits per heavy atom. The number of aldehydes is 1. The van der Waals surface area contributed by atoms with E-state index in [1.54, 1.807) is 12.3 Å². The number of halogens is 2. The fourth-order valence-corrected chi connectivity index (χ4v) is 5.91. The van der Waals surface area contributed by atoms with Crippen LogP contribution in [0.1, 0.15) is 44.5 Å². The first-order valence-electron chi connectivity index (χ1n) is 15.1. The van der Waals surface area contributed by atoms with Crippen LogP contribution in [0.2, 0.25) is 25.7 Å². The quantitative estimate of drug-likeness (QED) is 0.157. The Balaban J connectivity index is 1.99. The number of benzene rings is 2. The highest BCUT2D eigenvalue weighted by molar-refractivity contribution is 6.76. The van der Waals surface area contributed by atoms with Gasteiger partial charge in [0.05, 0.1) is 18.7 Å². The molecule has 2 aromatic carbocycles. The molecule has 2 atom stereocenters. The molecule has 0 saturated carbocycles. The molecule has 0 unspecified atom stereocenters. The molecule has 0 aliphatic rings. The van der Waals surface area contributed by atoms with Gasteiger partial charge in [0.1, 0.15) is 24.5 Å². The number of aliphatic hydroxyl groups is 1. The largest absolute Gasteiger partial charge is 0.450 e. The molecule has 2 N–H and O–H groups in total. The third kappa shape index (κ3) is 10.4. The molecule has 0 spiro atoms. The summed E-state index contributed by atoms with van der Waals surface area (Å²) in [5.41, 5.74) is 1.47. The number of ether oxygens (including phenoxy) is 1. The first-order valence-corrected chi connectivity index (χ1v) is 18.8. The summed E-state index contributed by atoms with van der Waals surface area (Å²) in [5, 5.41) is 12.6. The number of nitrogens with zero attached hydrogens (tertiary/aromatic N) is 2. The van der Waals surface area contributed by atoms with Crippen molar-refractivity contribution in [2.24, 2.45) is 5.41 Å². The SMILES string of the molecule is CC(C)(C)[C@H](c1cc(-c2cc(F)ccc2F)cn1Cc1ccccc1)N(CC[C@@H](C=O)NC(=O)OCC[Si](C)(C)C)C(=O)CO. The highest BCUT2D eigenvalue weighted by Gasteiger charge is 2.37. The molecule has 2 amide bonds. The van der Waals surface area contributed by atoms with Crippen molar-refractivity contribution in [2.45, 2.75) is 71.5 Å². The Morgan fingerprint density at radius 1 is 1.09 bits per heavy atom. The zero-order valence-electron chi connectivity index (χ0n) is 27.0. The van der Waals surface area contributed by atoms with Crippen molar-refractivity contribution in [2.75, 3.05) is 19.8 Å². The summed E-state index contributed by atoms with van der Waals surface area (Å²) in [6.07, 6.45) is 1.68. The van der Waals surface area contributed by atoms with Crippen molar-refractivity contribution < 1.29 is 33.0 Å². The summed E-state index contributed by atoms with van der Waals surface area (Å²) in [6.45, 7) is 12.1. The second-order valence-corrected chi connectivity index (χ2v) is 19.1. The van der Waals surface area contributed by atoms with Gasteiger partial charge in [0.25, 0.3) is 0 Å². The van der Waals surface area contributed by atoms with Gasteiger partial charge in [0, 0.05) is 44.2 Å². The second-order valence-electron chi connectivity index (χ2n) is 13.5. The van der Waals surface area contributed by atoms with Crippen LogP contribution in [0.3, 0.4) is 0 Å². The molecule has 0 radical (unpaired) electrons. The third-order valence-corrected chi connectivity index (χ3v) is 9.17. The molecule has 0 bridgehead atoms. The molecule has 3 aromatic rings. The summed E-state index contributed by atoms with van der Waals surface area (Å²) < 4.78 is 36.3. The summed E-state index contributed by atoms with van der Waals surface area (Å²) in [6, 6.07) is 13.8. The van der Waals surface area contributed by atoms with Crippen LogP contribution >= 0.6 is 0 Å². The number of hydrogen-bond acceptors (Lipinski definition) is 5. The number of aliphatic hydroxyl groups excluding tert-OH is 1. The van der Waals surface area contributed by atoms with E-state index < -0.39 is 55.8 Å². The zero-order valence-corrected chi connectivity index (χ0v) is 28.0. The maximum absolute atomic E-state index is 14.9. The van der Waals surface area contributed by atoms with Gasteiger partial charge in [-0.05, 0) is 47.7 Å². The van der Waals surface area contributed by atoms with Crippen molar-refractivity contribution in [1.82, 2.24) is 14.8 Å². The Kier molecular flexibility index (Phi) is 12.2. The van der Waals surface area contributed by atoms with E-state index in [1.165, 1.54) is 4.90 Å². The minimum Gasteiger partial charge on any atom is -0.450 e. The predicted molar refractivity (Wildman–Crippen MR) is 173 cm³/mol. The van der Waals surface area contributed by atoms with Gasteiger partial charge in [-0.25, -0.2) is 13.6 Å². The van der Waals surface area contributed by atoms with E-state index >= 15 is 0 Å². The van der Waals surface area contributed by atoms with Crippen LogP contribution in [0.15, 0.2) is 60.8 Å². The van der Waals surface area contributed by atoms with E-state index in [0.717, 1.165) is 29.8 Å². The van der Waals surface area contributed by atoms with Gasteiger partial charge in [-0.15, -0.1) is 0 Å². The number of nitrogens with one attached hydrogen (secondary N) is 1. The summed E-state index contributed by atoms with van der Waals surface area (Å²) in [4.78, 5) is 39.2. The van der Waals surface area contributed by atoms with Crippen LogP contribution in [0.5, 0.6) is 0 Å². The van der Waals surface area contributed by atoms with Crippen molar-refractivity contribution in [3.8, 4) is 11.1 Å². The lowest BCUT2D eigenvalue weighted by atomic mass is 9.82. The van der Waals surface area contributed by atoms with Crippen molar-refractivity contribution in [1.29, 1.82) is 0 Å². The maximum Gasteiger partial charge on any atom is 0.407 e. The highest BCUT2D eigenvalue weighted by Crippen LogP contribution is 2.41. The van der Waals surface area contributed by atoms with E-state index in [1.807, 2.05) is 55.7 Å². The minimum absolute atomic E-state index is 0.0140. The summed E-state index contributed by atoms with van der Waals surface area (Å²) in [5.74, 6) is -1.75. The van der Waals surface area contributed by atoms with Crippen LogP contribution in [-0.2, 0) is 20.9 Å². The predicted octanol–water partition coefficient (Wildman–Crippen LogP) is 6.41. The zero-order chi connectivity index (χ0) is 33.4. The van der Waals surface area contributed by atoms with Gasteiger partial charge < -0.3 is 29.4 Å². The molecule has 11 heteroatoms. The molecular formula is C34H45F2N3O5Si. The van der Waals surface area contributed by atoms with E-state index in [4.69, 9.17) is 4.74 Å². The number of rotatable bonds is 14. The van der Waals surface area contributed by atoms with E-state index in [9.17, 15) is 28.3 Å². The molecule has 1 aromatic heterocycles. The Hall–Kier alpha value is -3.83. The minimum atomic E-state index is -1.42. The van der Waals surface area contributed by atoms with Gasteiger partial charge in [0.2, 0.25) is 5.91 Å². The summed E-state index contributed by atoms with van der Waals surface area (Å²) in [7, 11) is -1.42. The molecule has 0 saturated heterocycles. The number of alkyl carbamates (subject to hydrolysis) is 1. The van der Waals surface area contributed by atoms with Crippen LogP contribution in [-0.4, -0.2) is 66.7 Å².